The molecule has 2 heterocycles. The van der Waals surface area contributed by atoms with Gasteiger partial charge in [-0.05, 0) is 50.2 Å². The average Bonchev–Trinajstić information content (AvgIpc) is 3.34. The lowest BCUT2D eigenvalue weighted by molar-refractivity contribution is 0.267. The van der Waals surface area contributed by atoms with Gasteiger partial charge in [-0.3, -0.25) is 9.89 Å². The molecule has 3 rings (SSSR count). The summed E-state index contributed by atoms with van der Waals surface area (Å²) in [7, 11) is 1.78. The van der Waals surface area contributed by atoms with E-state index in [1.54, 1.807) is 25.4 Å². The largest absolute Gasteiger partial charge is 0.444 e. The highest BCUT2D eigenvalue weighted by Crippen LogP contribution is 2.19. The van der Waals surface area contributed by atoms with Crippen molar-refractivity contribution in [3.63, 3.8) is 0 Å². The minimum absolute atomic E-state index is 0.270. The van der Waals surface area contributed by atoms with Crippen LogP contribution in [0.25, 0.3) is 11.5 Å². The minimum atomic E-state index is -0.270. The first-order chi connectivity index (χ1) is 13.2. The van der Waals surface area contributed by atoms with Crippen molar-refractivity contribution in [3.05, 3.63) is 42.0 Å². The molecule has 1 aromatic carbocycles. The molecule has 1 aliphatic heterocycles. The van der Waals surface area contributed by atoms with Gasteiger partial charge >= 0.3 is 0 Å². The maximum atomic E-state index is 13.0. The van der Waals surface area contributed by atoms with Gasteiger partial charge in [0.2, 0.25) is 5.89 Å². The summed E-state index contributed by atoms with van der Waals surface area (Å²) in [6.07, 6.45) is 4.88. The van der Waals surface area contributed by atoms with Crippen LogP contribution in [0, 0.1) is 5.82 Å². The van der Waals surface area contributed by atoms with Gasteiger partial charge in [-0.25, -0.2) is 9.37 Å². The average molecular weight is 373 g/mol. The number of halogens is 1. The fourth-order valence-corrected chi connectivity index (χ4v) is 3.43. The zero-order valence-corrected chi connectivity index (χ0v) is 16.0. The molecule has 1 aromatic heterocycles. The Morgan fingerprint density at radius 3 is 2.89 bits per heavy atom. The highest BCUT2D eigenvalue weighted by Gasteiger charge is 2.22. The van der Waals surface area contributed by atoms with Gasteiger partial charge in [0.25, 0.3) is 0 Å². The number of aliphatic imine (C=N–C) groups is 1. The topological polar surface area (TPSA) is 65.7 Å². The van der Waals surface area contributed by atoms with E-state index in [9.17, 15) is 4.39 Å². The number of guanidine groups is 1. The highest BCUT2D eigenvalue weighted by atomic mass is 19.1. The molecule has 0 saturated carbocycles. The molecular weight excluding hydrogens is 345 g/mol. The molecule has 1 saturated heterocycles. The number of hydrogen-bond donors (Lipinski definition) is 2. The Hall–Kier alpha value is -2.41. The monoisotopic (exact) mass is 373 g/mol. The fraction of sp³-hybridized carbons (Fsp3) is 0.500. The van der Waals surface area contributed by atoms with Crippen LogP contribution in [0.3, 0.4) is 0 Å². The van der Waals surface area contributed by atoms with E-state index >= 15 is 0 Å². The zero-order chi connectivity index (χ0) is 19.1. The Balaban J connectivity index is 1.44. The smallest absolute Gasteiger partial charge is 0.226 e. The predicted octanol–water partition coefficient (Wildman–Crippen LogP) is 2.67. The van der Waals surface area contributed by atoms with Gasteiger partial charge < -0.3 is 15.1 Å². The molecule has 0 bridgehead atoms. The molecule has 6 nitrogen and oxygen atoms in total. The van der Waals surface area contributed by atoms with Crippen molar-refractivity contribution in [1.29, 1.82) is 0 Å². The molecule has 1 atom stereocenters. The number of nitrogens with zero attached hydrogens (tertiary/aromatic N) is 3. The van der Waals surface area contributed by atoms with Gasteiger partial charge in [0, 0.05) is 38.2 Å². The second-order valence-electron chi connectivity index (χ2n) is 6.71. The van der Waals surface area contributed by atoms with E-state index < -0.39 is 0 Å². The van der Waals surface area contributed by atoms with Crippen molar-refractivity contribution in [2.45, 2.75) is 32.2 Å². The van der Waals surface area contributed by atoms with Crippen LogP contribution in [0.15, 0.2) is 39.9 Å². The number of hydrogen-bond acceptors (Lipinski definition) is 4. The molecule has 1 unspecified atom stereocenters. The number of benzene rings is 1. The van der Waals surface area contributed by atoms with Crippen molar-refractivity contribution in [1.82, 2.24) is 20.5 Å². The number of likely N-dealkylation sites (tertiary alicyclic amines) is 1. The van der Waals surface area contributed by atoms with Crippen LogP contribution in [-0.2, 0) is 6.42 Å². The number of rotatable bonds is 7. The molecule has 0 amide bonds. The third-order valence-electron chi connectivity index (χ3n) is 4.95. The third kappa shape index (κ3) is 5.29. The van der Waals surface area contributed by atoms with Crippen LogP contribution in [0.2, 0.25) is 0 Å². The molecule has 2 aromatic rings. The van der Waals surface area contributed by atoms with E-state index in [4.69, 9.17) is 4.42 Å². The van der Waals surface area contributed by atoms with E-state index in [1.807, 2.05) is 0 Å². The summed E-state index contributed by atoms with van der Waals surface area (Å²) in [5.74, 6) is 1.04. The van der Waals surface area contributed by atoms with E-state index in [1.165, 1.54) is 31.5 Å². The Bertz CT molecular complexity index is 743. The van der Waals surface area contributed by atoms with Crippen molar-refractivity contribution >= 4 is 5.96 Å². The summed E-state index contributed by atoms with van der Waals surface area (Å²) in [6, 6.07) is 6.72. The number of oxazole rings is 1. The first-order valence-electron chi connectivity index (χ1n) is 9.58. The number of likely N-dealkylation sites (N-methyl/N-ethyl adjacent to an activating group) is 1. The van der Waals surface area contributed by atoms with Gasteiger partial charge in [-0.1, -0.05) is 6.92 Å². The minimum Gasteiger partial charge on any atom is -0.444 e. The summed E-state index contributed by atoms with van der Waals surface area (Å²) in [5.41, 5.74) is 1.62. The lowest BCUT2D eigenvalue weighted by Gasteiger charge is -2.23. The van der Waals surface area contributed by atoms with Crippen LogP contribution in [0.1, 0.15) is 25.5 Å². The van der Waals surface area contributed by atoms with Gasteiger partial charge in [-0.2, -0.15) is 0 Å². The third-order valence-corrected chi connectivity index (χ3v) is 4.95. The SMILES string of the molecule is CCN1CCCC1CNC(=NC)NCCc1coc(-c2ccc(F)cc2)n1. The van der Waals surface area contributed by atoms with Crippen LogP contribution >= 0.6 is 0 Å². The summed E-state index contributed by atoms with van der Waals surface area (Å²) < 4.78 is 18.5. The van der Waals surface area contributed by atoms with Crippen LogP contribution in [-0.4, -0.2) is 55.1 Å². The summed E-state index contributed by atoms with van der Waals surface area (Å²) in [6.45, 7) is 6.12. The lowest BCUT2D eigenvalue weighted by atomic mass is 10.2. The lowest BCUT2D eigenvalue weighted by Crippen LogP contribution is -2.45. The Morgan fingerprint density at radius 1 is 1.33 bits per heavy atom. The predicted molar refractivity (Wildman–Crippen MR) is 105 cm³/mol. The van der Waals surface area contributed by atoms with Crippen molar-refractivity contribution in [3.8, 4) is 11.5 Å². The van der Waals surface area contributed by atoms with Crippen LogP contribution in [0.4, 0.5) is 4.39 Å². The van der Waals surface area contributed by atoms with Crippen LogP contribution in [0.5, 0.6) is 0 Å². The van der Waals surface area contributed by atoms with E-state index in [0.717, 1.165) is 36.7 Å². The molecule has 27 heavy (non-hydrogen) atoms. The standard InChI is InChI=1S/C20H28FN5O/c1-3-26-12-4-5-18(26)13-24-20(22-2)23-11-10-17-14-27-19(25-17)15-6-8-16(21)9-7-15/h6-9,14,18H,3-5,10-13H2,1-2H3,(H2,22,23,24). The zero-order valence-electron chi connectivity index (χ0n) is 16.0. The molecule has 0 aliphatic carbocycles. The first-order valence-corrected chi connectivity index (χ1v) is 9.58. The second-order valence-corrected chi connectivity index (χ2v) is 6.71. The second kappa shape index (κ2) is 9.50. The Kier molecular flexibility index (Phi) is 6.81. The van der Waals surface area contributed by atoms with E-state index in [-0.39, 0.29) is 5.82 Å². The Labute approximate surface area is 159 Å². The van der Waals surface area contributed by atoms with E-state index in [0.29, 0.717) is 18.5 Å². The normalized spacial score (nSPS) is 18.0. The van der Waals surface area contributed by atoms with Gasteiger partial charge in [0.05, 0.1) is 5.69 Å². The molecule has 2 N–H and O–H groups in total. The highest BCUT2D eigenvalue weighted by molar-refractivity contribution is 5.79. The number of aromatic nitrogens is 1. The van der Waals surface area contributed by atoms with Crippen molar-refractivity contribution in [2.24, 2.45) is 4.99 Å². The first kappa shape index (κ1) is 19.4. The summed E-state index contributed by atoms with van der Waals surface area (Å²) in [4.78, 5) is 11.3. The quantitative estimate of drug-likeness (QED) is 0.577. The maximum absolute atomic E-state index is 13.0. The summed E-state index contributed by atoms with van der Waals surface area (Å²) in [5, 5.41) is 6.74. The van der Waals surface area contributed by atoms with Crippen molar-refractivity contribution in [2.75, 3.05) is 33.2 Å². The number of nitrogens with one attached hydrogen (secondary N) is 2. The Morgan fingerprint density at radius 2 is 2.15 bits per heavy atom. The van der Waals surface area contributed by atoms with Crippen LogP contribution < -0.4 is 10.6 Å². The summed E-state index contributed by atoms with van der Waals surface area (Å²) >= 11 is 0. The molecular formula is C20H28FN5O. The molecule has 1 fully saturated rings. The van der Waals surface area contributed by atoms with Gasteiger partial charge in [0.1, 0.15) is 12.1 Å². The molecule has 1 aliphatic rings. The van der Waals surface area contributed by atoms with Gasteiger partial charge in [-0.15, -0.1) is 0 Å². The van der Waals surface area contributed by atoms with E-state index in [2.05, 4.69) is 32.4 Å². The molecule has 7 heteroatoms. The molecule has 0 radical (unpaired) electrons. The molecule has 0 spiro atoms. The van der Waals surface area contributed by atoms with Crippen molar-refractivity contribution < 1.29 is 8.81 Å². The van der Waals surface area contributed by atoms with Gasteiger partial charge in [0.15, 0.2) is 5.96 Å². The maximum Gasteiger partial charge on any atom is 0.226 e. The molecule has 146 valence electrons. The fourth-order valence-electron chi connectivity index (χ4n) is 3.43.